The van der Waals surface area contributed by atoms with Crippen molar-refractivity contribution < 1.29 is 14.6 Å². The molecule has 4 heteroatoms. The van der Waals surface area contributed by atoms with Crippen LogP contribution in [0.1, 0.15) is 77.6 Å². The molecule has 0 rings (SSSR count). The molecule has 1 amide bonds. The molecular weight excluding hydrogens is 288 g/mol. The maximum atomic E-state index is 11.6. The van der Waals surface area contributed by atoms with Crippen molar-refractivity contribution >= 4 is 5.91 Å². The van der Waals surface area contributed by atoms with Gasteiger partial charge in [0.25, 0.3) is 0 Å². The number of rotatable bonds is 15. The second-order valence-corrected chi connectivity index (χ2v) is 6.97. The van der Waals surface area contributed by atoms with E-state index in [9.17, 15) is 10.0 Å². The van der Waals surface area contributed by atoms with Crippen LogP contribution >= 0.6 is 0 Å². The van der Waals surface area contributed by atoms with Crippen molar-refractivity contribution in [2.24, 2.45) is 0 Å². The number of quaternary nitrogens is 1. The van der Waals surface area contributed by atoms with Crippen LogP contribution in [-0.4, -0.2) is 42.9 Å². The number of nitrogens with zero attached hydrogens (tertiary/aromatic N) is 1. The zero-order valence-corrected chi connectivity index (χ0v) is 15.6. The first kappa shape index (κ1) is 22.1. The third kappa shape index (κ3) is 19.1. The fourth-order valence-corrected chi connectivity index (χ4v) is 2.42. The van der Waals surface area contributed by atoms with Gasteiger partial charge in [0.15, 0.2) is 0 Å². The summed E-state index contributed by atoms with van der Waals surface area (Å²) in [5.74, 6) is 0.145. The van der Waals surface area contributed by atoms with Crippen molar-refractivity contribution in [3.63, 3.8) is 0 Å². The third-order valence-electron chi connectivity index (χ3n) is 3.87. The van der Waals surface area contributed by atoms with Gasteiger partial charge in [0.1, 0.15) is 6.54 Å². The predicted octanol–water partition coefficient (Wildman–Crippen LogP) is 4.44. The Morgan fingerprint density at radius 3 is 2.22 bits per heavy atom. The largest absolute Gasteiger partial charge is 0.356 e. The van der Waals surface area contributed by atoms with Crippen LogP contribution in [0.3, 0.4) is 0 Å². The molecule has 0 saturated carbocycles. The normalized spacial score (nSPS) is 12.0. The van der Waals surface area contributed by atoms with Crippen molar-refractivity contribution in [1.82, 2.24) is 5.32 Å². The molecule has 0 aromatic rings. The second kappa shape index (κ2) is 14.7. The Balaban J connectivity index is 3.28. The van der Waals surface area contributed by atoms with Crippen molar-refractivity contribution in [3.8, 4) is 0 Å². The van der Waals surface area contributed by atoms with E-state index < -0.39 is 0 Å². The molecular formula is C19H39N2O2+. The molecule has 23 heavy (non-hydrogen) atoms. The van der Waals surface area contributed by atoms with Crippen LogP contribution < -0.4 is 5.32 Å². The van der Waals surface area contributed by atoms with E-state index in [1.807, 2.05) is 0 Å². The number of hydroxylamine groups is 3. The first-order valence-corrected chi connectivity index (χ1v) is 9.43. The monoisotopic (exact) mass is 327 g/mol. The Kier molecular flexibility index (Phi) is 14.1. The van der Waals surface area contributed by atoms with Gasteiger partial charge in [0.2, 0.25) is 5.91 Å². The summed E-state index contributed by atoms with van der Waals surface area (Å²) in [6.07, 6.45) is 17.0. The number of allylic oxidation sites excluding steroid dienone is 2. The number of hydrogen-bond acceptors (Lipinski definition) is 2. The molecule has 0 spiro atoms. The molecule has 0 heterocycles. The summed E-state index contributed by atoms with van der Waals surface area (Å²) in [5, 5.41) is 12.4. The number of amides is 1. The number of hydrogen-bond donors (Lipinski definition) is 2. The molecule has 0 radical (unpaired) electrons. The van der Waals surface area contributed by atoms with E-state index in [0.29, 0.717) is 19.5 Å². The molecule has 4 nitrogen and oxygen atoms in total. The van der Waals surface area contributed by atoms with Crippen molar-refractivity contribution in [3.05, 3.63) is 12.2 Å². The van der Waals surface area contributed by atoms with Gasteiger partial charge < -0.3 is 5.32 Å². The average Bonchev–Trinajstić information content (AvgIpc) is 2.48. The Labute approximate surface area is 143 Å². The maximum Gasteiger partial charge on any atom is 0.219 e. The second-order valence-electron chi connectivity index (χ2n) is 6.97. The molecule has 136 valence electrons. The molecule has 0 atom stereocenters. The molecule has 0 unspecified atom stereocenters. The summed E-state index contributed by atoms with van der Waals surface area (Å²) in [6, 6.07) is 0. The summed E-state index contributed by atoms with van der Waals surface area (Å²) < 4.78 is -0.0380. The minimum atomic E-state index is -0.0380. The highest BCUT2D eigenvalue weighted by molar-refractivity contribution is 5.75. The van der Waals surface area contributed by atoms with Crippen LogP contribution in [0, 0.1) is 0 Å². The van der Waals surface area contributed by atoms with Crippen LogP contribution in [-0.2, 0) is 4.79 Å². The Morgan fingerprint density at radius 1 is 0.957 bits per heavy atom. The smallest absolute Gasteiger partial charge is 0.219 e. The molecule has 0 aliphatic heterocycles. The molecule has 2 N–H and O–H groups in total. The first-order valence-electron chi connectivity index (χ1n) is 9.43. The lowest BCUT2D eigenvalue weighted by Crippen LogP contribution is -2.38. The summed E-state index contributed by atoms with van der Waals surface area (Å²) in [6.45, 7) is 3.54. The maximum absolute atomic E-state index is 11.6. The quantitative estimate of drug-likeness (QED) is 0.202. The lowest BCUT2D eigenvalue weighted by molar-refractivity contribution is -1.07. The summed E-state index contributed by atoms with van der Waals surface area (Å²) >= 11 is 0. The summed E-state index contributed by atoms with van der Waals surface area (Å²) in [7, 11) is 3.48. The van der Waals surface area contributed by atoms with E-state index in [4.69, 9.17) is 0 Å². The predicted molar refractivity (Wildman–Crippen MR) is 97.4 cm³/mol. The van der Waals surface area contributed by atoms with Gasteiger partial charge in [-0.3, -0.25) is 4.79 Å². The lowest BCUT2D eigenvalue weighted by atomic mass is 10.1. The molecule has 0 aliphatic carbocycles. The van der Waals surface area contributed by atoms with Gasteiger partial charge in [0, 0.05) is 19.4 Å². The highest BCUT2D eigenvalue weighted by Crippen LogP contribution is 2.08. The third-order valence-corrected chi connectivity index (χ3v) is 3.87. The molecule has 0 aromatic heterocycles. The van der Waals surface area contributed by atoms with E-state index in [-0.39, 0.29) is 10.6 Å². The Morgan fingerprint density at radius 2 is 1.57 bits per heavy atom. The van der Waals surface area contributed by atoms with Crippen LogP contribution in [0.4, 0.5) is 0 Å². The van der Waals surface area contributed by atoms with E-state index in [0.717, 1.165) is 19.3 Å². The highest BCUT2D eigenvalue weighted by atomic mass is 16.5. The van der Waals surface area contributed by atoms with Crippen LogP contribution in [0.5, 0.6) is 0 Å². The van der Waals surface area contributed by atoms with Crippen molar-refractivity contribution in [1.29, 1.82) is 0 Å². The van der Waals surface area contributed by atoms with Gasteiger partial charge in [-0.25, -0.2) is 5.21 Å². The minimum Gasteiger partial charge on any atom is -0.356 e. The van der Waals surface area contributed by atoms with Gasteiger partial charge in [0.05, 0.1) is 14.1 Å². The highest BCUT2D eigenvalue weighted by Gasteiger charge is 2.09. The standard InChI is InChI=1S/C19H38N2O2/c1-4-5-6-7-8-9-10-11-12-13-14-16-19(22)20-17-15-18-21(2,3)23/h7-8,23H,4-6,9-18H2,1-3H3/p+1/b8-7+. The lowest BCUT2D eigenvalue weighted by Gasteiger charge is -2.19. The zero-order valence-electron chi connectivity index (χ0n) is 15.6. The fraction of sp³-hybridized carbons (Fsp3) is 0.842. The van der Waals surface area contributed by atoms with Gasteiger partial charge in [-0.1, -0.05) is 51.2 Å². The summed E-state index contributed by atoms with van der Waals surface area (Å²) in [5.41, 5.74) is 0. The average molecular weight is 328 g/mol. The van der Waals surface area contributed by atoms with E-state index in [2.05, 4.69) is 24.4 Å². The van der Waals surface area contributed by atoms with Crippen LogP contribution in [0.25, 0.3) is 0 Å². The Bertz CT molecular complexity index is 309. The van der Waals surface area contributed by atoms with E-state index >= 15 is 0 Å². The fourth-order valence-electron chi connectivity index (χ4n) is 2.42. The topological polar surface area (TPSA) is 49.3 Å². The van der Waals surface area contributed by atoms with Gasteiger partial charge >= 0.3 is 0 Å². The van der Waals surface area contributed by atoms with Gasteiger partial charge in [-0.2, -0.15) is 4.65 Å². The van der Waals surface area contributed by atoms with E-state index in [1.54, 1.807) is 14.1 Å². The van der Waals surface area contributed by atoms with Crippen LogP contribution in [0.2, 0.25) is 0 Å². The molecule has 0 aromatic carbocycles. The minimum absolute atomic E-state index is 0.0380. The summed E-state index contributed by atoms with van der Waals surface area (Å²) in [4.78, 5) is 11.6. The van der Waals surface area contributed by atoms with Gasteiger partial charge in [-0.05, 0) is 25.7 Å². The molecule has 0 saturated heterocycles. The molecule has 0 fully saturated rings. The number of unbranched alkanes of at least 4 members (excludes halogenated alkanes) is 7. The number of nitrogens with one attached hydrogen (secondary N) is 1. The number of carbonyl (C=O) groups excluding carboxylic acids is 1. The van der Waals surface area contributed by atoms with E-state index in [1.165, 1.54) is 44.9 Å². The molecule has 0 bridgehead atoms. The first-order chi connectivity index (χ1) is 11.0. The Hall–Kier alpha value is -0.870. The SMILES string of the molecule is CCCC/C=C/CCCCCCCC(=O)NCCC[N+](C)(C)O. The van der Waals surface area contributed by atoms with Crippen molar-refractivity contribution in [2.75, 3.05) is 27.2 Å². The van der Waals surface area contributed by atoms with Crippen LogP contribution in [0.15, 0.2) is 12.2 Å². The van der Waals surface area contributed by atoms with Crippen molar-refractivity contribution in [2.45, 2.75) is 77.6 Å². The zero-order chi connectivity index (χ0) is 17.4. The number of carbonyl (C=O) groups is 1. The molecule has 0 aliphatic rings. The van der Waals surface area contributed by atoms with Gasteiger partial charge in [-0.15, -0.1) is 0 Å².